The molecule has 0 aliphatic heterocycles. The SMILES string of the molecule is NCCOc1cccc(Nc2cc(Cl)ccc2[N+](=O)[O-])c1. The van der Waals surface area contributed by atoms with E-state index in [1.165, 1.54) is 18.2 Å². The van der Waals surface area contributed by atoms with Crippen LogP contribution in [-0.4, -0.2) is 18.1 Å². The minimum absolute atomic E-state index is 0.0484. The number of nitro benzene ring substituents is 1. The Labute approximate surface area is 126 Å². The summed E-state index contributed by atoms with van der Waals surface area (Å²) in [6.45, 7) is 0.818. The van der Waals surface area contributed by atoms with Gasteiger partial charge < -0.3 is 15.8 Å². The average molecular weight is 308 g/mol. The monoisotopic (exact) mass is 307 g/mol. The first kappa shape index (κ1) is 15.1. The molecule has 0 amide bonds. The van der Waals surface area contributed by atoms with Gasteiger partial charge >= 0.3 is 0 Å². The van der Waals surface area contributed by atoms with E-state index in [2.05, 4.69) is 5.32 Å². The van der Waals surface area contributed by atoms with Gasteiger partial charge in [-0.2, -0.15) is 0 Å². The lowest BCUT2D eigenvalue weighted by Crippen LogP contribution is -2.10. The van der Waals surface area contributed by atoms with Gasteiger partial charge in [-0.15, -0.1) is 0 Å². The van der Waals surface area contributed by atoms with Crippen molar-refractivity contribution in [3.05, 3.63) is 57.6 Å². The number of nitrogens with one attached hydrogen (secondary N) is 1. The molecule has 0 aliphatic rings. The summed E-state index contributed by atoms with van der Waals surface area (Å²) in [6.07, 6.45) is 0. The van der Waals surface area contributed by atoms with Crippen LogP contribution in [0.2, 0.25) is 5.02 Å². The molecule has 7 heteroatoms. The number of ether oxygens (including phenoxy) is 1. The van der Waals surface area contributed by atoms with E-state index in [9.17, 15) is 10.1 Å². The Morgan fingerprint density at radius 3 is 2.81 bits per heavy atom. The van der Waals surface area contributed by atoms with E-state index in [1.54, 1.807) is 24.3 Å². The Morgan fingerprint density at radius 2 is 2.10 bits per heavy atom. The first-order chi connectivity index (χ1) is 10.1. The van der Waals surface area contributed by atoms with Crippen LogP contribution in [0.3, 0.4) is 0 Å². The van der Waals surface area contributed by atoms with Crippen LogP contribution in [0, 0.1) is 10.1 Å². The molecular formula is C14H14ClN3O3. The third kappa shape index (κ3) is 4.08. The van der Waals surface area contributed by atoms with Crippen LogP contribution < -0.4 is 15.8 Å². The van der Waals surface area contributed by atoms with Gasteiger partial charge in [0.05, 0.1) is 4.92 Å². The number of benzene rings is 2. The minimum atomic E-state index is -0.465. The molecule has 0 heterocycles. The highest BCUT2D eigenvalue weighted by Gasteiger charge is 2.14. The van der Waals surface area contributed by atoms with Crippen molar-refractivity contribution in [2.24, 2.45) is 5.73 Å². The molecule has 0 bridgehead atoms. The standard InChI is InChI=1S/C14H14ClN3O3/c15-10-4-5-14(18(19)20)13(8-10)17-11-2-1-3-12(9-11)21-7-6-16/h1-5,8-9,17H,6-7,16H2. The van der Waals surface area contributed by atoms with Crippen LogP contribution in [0.1, 0.15) is 0 Å². The number of nitrogens with two attached hydrogens (primary N) is 1. The first-order valence-electron chi connectivity index (χ1n) is 6.24. The topological polar surface area (TPSA) is 90.4 Å². The molecule has 6 nitrogen and oxygen atoms in total. The first-order valence-corrected chi connectivity index (χ1v) is 6.62. The van der Waals surface area contributed by atoms with Crippen LogP contribution in [-0.2, 0) is 0 Å². The Hall–Kier alpha value is -2.31. The second-order valence-corrected chi connectivity index (χ2v) is 4.64. The van der Waals surface area contributed by atoms with Crippen molar-refractivity contribution in [2.75, 3.05) is 18.5 Å². The summed E-state index contributed by atoms with van der Waals surface area (Å²) in [5.41, 5.74) is 6.31. The van der Waals surface area contributed by atoms with Gasteiger partial charge in [-0.05, 0) is 24.3 Å². The number of anilines is 2. The van der Waals surface area contributed by atoms with Gasteiger partial charge in [0.2, 0.25) is 0 Å². The van der Waals surface area contributed by atoms with Crippen molar-refractivity contribution in [1.82, 2.24) is 0 Å². The second kappa shape index (κ2) is 6.92. The number of hydrogen-bond donors (Lipinski definition) is 2. The average Bonchev–Trinajstić information content (AvgIpc) is 2.45. The maximum Gasteiger partial charge on any atom is 0.292 e. The number of rotatable bonds is 6. The third-order valence-electron chi connectivity index (χ3n) is 2.65. The van der Waals surface area contributed by atoms with Crippen molar-refractivity contribution in [1.29, 1.82) is 0 Å². The lowest BCUT2D eigenvalue weighted by Gasteiger charge is -2.10. The van der Waals surface area contributed by atoms with E-state index in [1.807, 2.05) is 0 Å². The molecule has 2 rings (SSSR count). The highest BCUT2D eigenvalue weighted by Crippen LogP contribution is 2.31. The van der Waals surface area contributed by atoms with E-state index in [-0.39, 0.29) is 5.69 Å². The summed E-state index contributed by atoms with van der Waals surface area (Å²) in [5.74, 6) is 0.634. The van der Waals surface area contributed by atoms with Gasteiger partial charge in [-0.1, -0.05) is 17.7 Å². The Morgan fingerprint density at radius 1 is 1.29 bits per heavy atom. The molecule has 0 aromatic heterocycles. The normalized spacial score (nSPS) is 10.2. The predicted octanol–water partition coefficient (Wildman–Crippen LogP) is 3.33. The molecule has 0 saturated heterocycles. The fourth-order valence-electron chi connectivity index (χ4n) is 1.76. The number of hydrogen-bond acceptors (Lipinski definition) is 5. The zero-order valence-electron chi connectivity index (χ0n) is 11.1. The fraction of sp³-hybridized carbons (Fsp3) is 0.143. The molecular weight excluding hydrogens is 294 g/mol. The molecule has 0 fully saturated rings. The van der Waals surface area contributed by atoms with Gasteiger partial charge in [0.1, 0.15) is 18.0 Å². The van der Waals surface area contributed by atoms with E-state index in [4.69, 9.17) is 22.1 Å². The molecule has 0 radical (unpaired) electrons. The molecule has 0 saturated carbocycles. The van der Waals surface area contributed by atoms with Crippen molar-refractivity contribution >= 4 is 28.7 Å². The van der Waals surface area contributed by atoms with Gasteiger partial charge in [0.15, 0.2) is 0 Å². The second-order valence-electron chi connectivity index (χ2n) is 4.21. The zero-order chi connectivity index (χ0) is 15.2. The van der Waals surface area contributed by atoms with Gasteiger partial charge in [0.25, 0.3) is 5.69 Å². The number of nitrogens with zero attached hydrogens (tertiary/aromatic N) is 1. The van der Waals surface area contributed by atoms with Crippen LogP contribution in [0.25, 0.3) is 0 Å². The van der Waals surface area contributed by atoms with E-state index >= 15 is 0 Å². The molecule has 110 valence electrons. The lowest BCUT2D eigenvalue weighted by atomic mass is 10.2. The minimum Gasteiger partial charge on any atom is -0.492 e. The maximum absolute atomic E-state index is 11.0. The Balaban J connectivity index is 2.25. The van der Waals surface area contributed by atoms with Gasteiger partial charge in [-0.25, -0.2) is 0 Å². The number of nitro groups is 1. The predicted molar refractivity (Wildman–Crippen MR) is 82.4 cm³/mol. The summed E-state index contributed by atoms with van der Waals surface area (Å²) in [5, 5.41) is 14.4. The number of halogens is 1. The lowest BCUT2D eigenvalue weighted by molar-refractivity contribution is -0.383. The summed E-state index contributed by atoms with van der Waals surface area (Å²) in [6, 6.07) is 11.4. The van der Waals surface area contributed by atoms with E-state index in [0.29, 0.717) is 35.3 Å². The van der Waals surface area contributed by atoms with Crippen LogP contribution in [0.5, 0.6) is 5.75 Å². The maximum atomic E-state index is 11.0. The molecule has 2 aromatic rings. The summed E-state index contributed by atoms with van der Waals surface area (Å²) in [4.78, 5) is 10.6. The van der Waals surface area contributed by atoms with Crippen molar-refractivity contribution in [2.45, 2.75) is 0 Å². The largest absolute Gasteiger partial charge is 0.492 e. The molecule has 0 aliphatic carbocycles. The molecule has 0 unspecified atom stereocenters. The van der Waals surface area contributed by atoms with Crippen LogP contribution in [0.15, 0.2) is 42.5 Å². The zero-order valence-corrected chi connectivity index (χ0v) is 11.8. The molecule has 0 atom stereocenters. The molecule has 0 spiro atoms. The van der Waals surface area contributed by atoms with Crippen molar-refractivity contribution < 1.29 is 9.66 Å². The highest BCUT2D eigenvalue weighted by molar-refractivity contribution is 6.31. The molecule has 3 N–H and O–H groups in total. The Bertz CT molecular complexity index is 649. The quantitative estimate of drug-likeness (QED) is 0.631. The highest BCUT2D eigenvalue weighted by atomic mass is 35.5. The smallest absolute Gasteiger partial charge is 0.292 e. The van der Waals surface area contributed by atoms with Crippen LogP contribution in [0.4, 0.5) is 17.1 Å². The molecule has 21 heavy (non-hydrogen) atoms. The van der Waals surface area contributed by atoms with Gasteiger partial charge in [-0.3, -0.25) is 10.1 Å². The van der Waals surface area contributed by atoms with Gasteiger partial charge in [0, 0.05) is 29.4 Å². The molecule has 2 aromatic carbocycles. The summed E-state index contributed by atoms with van der Waals surface area (Å²) in [7, 11) is 0. The third-order valence-corrected chi connectivity index (χ3v) is 2.89. The van der Waals surface area contributed by atoms with E-state index < -0.39 is 4.92 Å². The summed E-state index contributed by atoms with van der Waals surface area (Å²) >= 11 is 5.89. The van der Waals surface area contributed by atoms with E-state index in [0.717, 1.165) is 0 Å². The van der Waals surface area contributed by atoms with Crippen molar-refractivity contribution in [3.63, 3.8) is 0 Å². The van der Waals surface area contributed by atoms with Crippen molar-refractivity contribution in [3.8, 4) is 5.75 Å². The Kier molecular flexibility index (Phi) is 4.97. The summed E-state index contributed by atoms with van der Waals surface area (Å²) < 4.78 is 5.41. The van der Waals surface area contributed by atoms with Crippen LogP contribution >= 0.6 is 11.6 Å². The fourth-order valence-corrected chi connectivity index (χ4v) is 1.94.